The van der Waals surface area contributed by atoms with Gasteiger partial charge in [0, 0.05) is 24.4 Å². The number of H-pyrrole nitrogens is 1. The molecule has 1 fully saturated rings. The highest BCUT2D eigenvalue weighted by atomic mass is 14.9. The van der Waals surface area contributed by atoms with E-state index in [1.165, 1.54) is 25.1 Å². The Hall–Kier alpha value is -1.35. The zero-order chi connectivity index (χ0) is 10.1. The Kier molecular flexibility index (Phi) is 2.18. The topological polar surface area (TPSA) is 40.7 Å². The van der Waals surface area contributed by atoms with E-state index < -0.39 is 0 Å². The summed E-state index contributed by atoms with van der Waals surface area (Å²) in [5, 5.41) is 3.51. The normalized spacial score (nSPS) is 21.2. The van der Waals surface area contributed by atoms with Crippen molar-refractivity contribution < 1.29 is 0 Å². The molecule has 78 valence electrons. The largest absolute Gasteiger partial charge is 0.357 e. The van der Waals surface area contributed by atoms with Gasteiger partial charge < -0.3 is 10.3 Å². The van der Waals surface area contributed by atoms with Gasteiger partial charge in [-0.1, -0.05) is 0 Å². The van der Waals surface area contributed by atoms with Crippen molar-refractivity contribution in [3.63, 3.8) is 0 Å². The third kappa shape index (κ3) is 1.75. The molecule has 3 heterocycles. The molecule has 2 aromatic heterocycles. The summed E-state index contributed by atoms with van der Waals surface area (Å²) in [5.41, 5.74) is 3.51. The Morgan fingerprint density at radius 3 is 3.27 bits per heavy atom. The molecule has 1 aliphatic rings. The molecule has 0 radical (unpaired) electrons. The average molecular weight is 201 g/mol. The molecule has 1 unspecified atom stereocenters. The molecule has 0 aliphatic carbocycles. The van der Waals surface area contributed by atoms with Crippen molar-refractivity contribution in [2.45, 2.75) is 25.3 Å². The number of nitrogens with zero attached hydrogens (tertiary/aromatic N) is 1. The van der Waals surface area contributed by atoms with E-state index >= 15 is 0 Å². The minimum atomic E-state index is 0.651. The van der Waals surface area contributed by atoms with Crippen molar-refractivity contribution in [3.05, 3.63) is 30.1 Å². The van der Waals surface area contributed by atoms with Crippen LogP contribution in [0.1, 0.15) is 18.5 Å². The molecule has 0 bridgehead atoms. The van der Waals surface area contributed by atoms with Crippen molar-refractivity contribution in [2.75, 3.05) is 6.54 Å². The summed E-state index contributed by atoms with van der Waals surface area (Å²) < 4.78 is 0. The first kappa shape index (κ1) is 8.92. The van der Waals surface area contributed by atoms with Crippen LogP contribution in [0.15, 0.2) is 24.4 Å². The Balaban J connectivity index is 1.84. The standard InChI is InChI=1S/C12H15N3/c1-3-9(13-5-1)7-10-8-12-11(15-10)4-2-6-14-12/h2,4,6,8-9,13,15H,1,3,5,7H2. The summed E-state index contributed by atoms with van der Waals surface area (Å²) in [6, 6.07) is 6.86. The van der Waals surface area contributed by atoms with Crippen molar-refractivity contribution in [1.29, 1.82) is 0 Å². The van der Waals surface area contributed by atoms with Gasteiger partial charge in [-0.2, -0.15) is 0 Å². The molecule has 0 spiro atoms. The van der Waals surface area contributed by atoms with Crippen LogP contribution in [0.5, 0.6) is 0 Å². The molecule has 15 heavy (non-hydrogen) atoms. The van der Waals surface area contributed by atoms with Crippen LogP contribution in [0.3, 0.4) is 0 Å². The summed E-state index contributed by atoms with van der Waals surface area (Å²) >= 11 is 0. The van der Waals surface area contributed by atoms with E-state index in [-0.39, 0.29) is 0 Å². The van der Waals surface area contributed by atoms with E-state index in [4.69, 9.17) is 0 Å². The Morgan fingerprint density at radius 1 is 1.47 bits per heavy atom. The fraction of sp³-hybridized carbons (Fsp3) is 0.417. The molecule has 2 aromatic rings. The van der Waals surface area contributed by atoms with Crippen LogP contribution in [0.25, 0.3) is 11.0 Å². The number of aromatic nitrogens is 2. The minimum absolute atomic E-state index is 0.651. The Morgan fingerprint density at radius 2 is 2.47 bits per heavy atom. The fourth-order valence-corrected chi connectivity index (χ4v) is 2.32. The van der Waals surface area contributed by atoms with Crippen LogP contribution in [-0.2, 0) is 6.42 Å². The first-order chi connectivity index (χ1) is 7.42. The molecule has 1 saturated heterocycles. The van der Waals surface area contributed by atoms with Gasteiger partial charge in [0.15, 0.2) is 0 Å². The second-order valence-electron chi connectivity index (χ2n) is 4.23. The number of pyridine rings is 1. The lowest BCUT2D eigenvalue weighted by atomic mass is 10.1. The predicted molar refractivity (Wildman–Crippen MR) is 60.8 cm³/mol. The van der Waals surface area contributed by atoms with Crippen molar-refractivity contribution in [2.24, 2.45) is 0 Å². The van der Waals surface area contributed by atoms with Crippen LogP contribution in [0.2, 0.25) is 0 Å². The molecule has 1 atom stereocenters. The number of hydrogen-bond acceptors (Lipinski definition) is 2. The number of hydrogen-bond donors (Lipinski definition) is 2. The number of aromatic amines is 1. The van der Waals surface area contributed by atoms with Gasteiger partial charge in [0.2, 0.25) is 0 Å². The van der Waals surface area contributed by atoms with Gasteiger partial charge in [-0.3, -0.25) is 4.98 Å². The molecule has 1 aliphatic heterocycles. The van der Waals surface area contributed by atoms with Crippen LogP contribution in [-0.4, -0.2) is 22.6 Å². The van der Waals surface area contributed by atoms with E-state index in [0.29, 0.717) is 6.04 Å². The van der Waals surface area contributed by atoms with Gasteiger partial charge in [0.25, 0.3) is 0 Å². The van der Waals surface area contributed by atoms with Crippen molar-refractivity contribution in [1.82, 2.24) is 15.3 Å². The maximum absolute atomic E-state index is 4.32. The molecular weight excluding hydrogens is 186 g/mol. The average Bonchev–Trinajstić information content (AvgIpc) is 2.86. The number of nitrogens with one attached hydrogen (secondary N) is 2. The maximum atomic E-state index is 4.32. The molecule has 3 rings (SSSR count). The first-order valence-corrected chi connectivity index (χ1v) is 5.58. The summed E-state index contributed by atoms with van der Waals surface area (Å²) in [6.45, 7) is 1.17. The van der Waals surface area contributed by atoms with Gasteiger partial charge in [-0.25, -0.2) is 0 Å². The highest BCUT2D eigenvalue weighted by molar-refractivity contribution is 5.75. The fourth-order valence-electron chi connectivity index (χ4n) is 2.32. The highest BCUT2D eigenvalue weighted by Gasteiger charge is 2.15. The predicted octanol–water partition coefficient (Wildman–Crippen LogP) is 1.86. The lowest BCUT2D eigenvalue weighted by Gasteiger charge is -2.07. The zero-order valence-corrected chi connectivity index (χ0v) is 8.66. The van der Waals surface area contributed by atoms with Gasteiger partial charge in [0.05, 0.1) is 11.0 Å². The van der Waals surface area contributed by atoms with E-state index in [1.54, 1.807) is 0 Å². The third-order valence-corrected chi connectivity index (χ3v) is 3.07. The molecule has 3 nitrogen and oxygen atoms in total. The monoisotopic (exact) mass is 201 g/mol. The molecule has 2 N–H and O–H groups in total. The molecular formula is C12H15N3. The second-order valence-corrected chi connectivity index (χ2v) is 4.23. The number of fused-ring (bicyclic) bond motifs is 1. The minimum Gasteiger partial charge on any atom is -0.357 e. The summed E-state index contributed by atoms with van der Waals surface area (Å²) in [4.78, 5) is 7.74. The van der Waals surface area contributed by atoms with Crippen molar-refractivity contribution >= 4 is 11.0 Å². The quantitative estimate of drug-likeness (QED) is 0.778. The summed E-state index contributed by atoms with van der Waals surface area (Å²) in [5.74, 6) is 0. The van der Waals surface area contributed by atoms with E-state index in [0.717, 1.165) is 17.5 Å². The van der Waals surface area contributed by atoms with Crippen molar-refractivity contribution in [3.8, 4) is 0 Å². The van der Waals surface area contributed by atoms with E-state index in [9.17, 15) is 0 Å². The lowest BCUT2D eigenvalue weighted by molar-refractivity contribution is 0.597. The summed E-state index contributed by atoms with van der Waals surface area (Å²) in [7, 11) is 0. The molecule has 0 amide bonds. The SMILES string of the molecule is c1cnc2cc(CC3CCCN3)[nH]c2c1. The maximum Gasteiger partial charge on any atom is 0.0881 e. The second kappa shape index (κ2) is 3.66. The van der Waals surface area contributed by atoms with Crippen LogP contribution < -0.4 is 5.32 Å². The van der Waals surface area contributed by atoms with Crippen LogP contribution >= 0.6 is 0 Å². The van der Waals surface area contributed by atoms with Gasteiger partial charge in [-0.05, 0) is 37.6 Å². The van der Waals surface area contributed by atoms with Gasteiger partial charge in [-0.15, -0.1) is 0 Å². The van der Waals surface area contributed by atoms with E-state index in [2.05, 4.69) is 27.4 Å². The number of rotatable bonds is 2. The zero-order valence-electron chi connectivity index (χ0n) is 8.66. The smallest absolute Gasteiger partial charge is 0.0881 e. The highest BCUT2D eigenvalue weighted by Crippen LogP contribution is 2.16. The lowest BCUT2D eigenvalue weighted by Crippen LogP contribution is -2.23. The molecule has 3 heteroatoms. The van der Waals surface area contributed by atoms with Crippen LogP contribution in [0, 0.1) is 0 Å². The Labute approximate surface area is 88.9 Å². The molecule has 0 saturated carbocycles. The summed E-state index contributed by atoms with van der Waals surface area (Å²) in [6.07, 6.45) is 5.54. The Bertz CT molecular complexity index is 422. The van der Waals surface area contributed by atoms with E-state index in [1.807, 2.05) is 12.3 Å². The van der Waals surface area contributed by atoms with Gasteiger partial charge >= 0.3 is 0 Å². The first-order valence-electron chi connectivity index (χ1n) is 5.58. The van der Waals surface area contributed by atoms with Crippen LogP contribution in [0.4, 0.5) is 0 Å². The molecule has 0 aromatic carbocycles. The third-order valence-electron chi connectivity index (χ3n) is 3.07. The van der Waals surface area contributed by atoms with Gasteiger partial charge in [0.1, 0.15) is 0 Å².